The monoisotopic (exact) mass is 303 g/mol. The van der Waals surface area contributed by atoms with Crippen LogP contribution < -0.4 is 5.32 Å². The van der Waals surface area contributed by atoms with Gasteiger partial charge in [-0.05, 0) is 38.5 Å². The molecule has 2 N–H and O–H groups in total. The summed E-state index contributed by atoms with van der Waals surface area (Å²) in [7, 11) is 0. The molecule has 1 heterocycles. The van der Waals surface area contributed by atoms with Crippen LogP contribution in [0.5, 0.6) is 0 Å². The van der Waals surface area contributed by atoms with Crippen molar-refractivity contribution in [1.82, 2.24) is 0 Å². The van der Waals surface area contributed by atoms with E-state index in [0.717, 1.165) is 22.4 Å². The van der Waals surface area contributed by atoms with E-state index in [4.69, 9.17) is 0 Å². The molecule has 0 unspecified atom stereocenters. The normalized spacial score (nSPS) is 10.4. The minimum Gasteiger partial charge on any atom is -0.478 e. The quantitative estimate of drug-likeness (QED) is 0.900. The molecule has 4 nitrogen and oxygen atoms in total. The highest BCUT2D eigenvalue weighted by atomic mass is 32.1. The minimum atomic E-state index is -1.03. The average molecular weight is 303 g/mol. The van der Waals surface area contributed by atoms with Crippen LogP contribution >= 0.6 is 11.3 Å². The first-order chi connectivity index (χ1) is 9.90. The van der Waals surface area contributed by atoms with Crippen molar-refractivity contribution in [2.75, 3.05) is 5.32 Å². The molecule has 21 heavy (non-hydrogen) atoms. The highest BCUT2D eigenvalue weighted by Crippen LogP contribution is 2.29. The summed E-state index contributed by atoms with van der Waals surface area (Å²) < 4.78 is 0. The van der Waals surface area contributed by atoms with Crippen LogP contribution in [0.1, 0.15) is 43.6 Å². The summed E-state index contributed by atoms with van der Waals surface area (Å²) in [5.41, 5.74) is 2.68. The van der Waals surface area contributed by atoms with Gasteiger partial charge in [0.15, 0.2) is 0 Å². The molecule has 2 rings (SSSR count). The van der Waals surface area contributed by atoms with E-state index in [2.05, 4.69) is 5.32 Å². The van der Waals surface area contributed by atoms with Crippen molar-refractivity contribution in [2.45, 2.75) is 27.2 Å². The average Bonchev–Trinajstić information content (AvgIpc) is 2.80. The number of hydrogen-bond acceptors (Lipinski definition) is 3. The first kappa shape index (κ1) is 15.3. The van der Waals surface area contributed by atoms with E-state index in [-0.39, 0.29) is 11.5 Å². The van der Waals surface area contributed by atoms with Gasteiger partial charge in [-0.2, -0.15) is 0 Å². The Morgan fingerprint density at radius 2 is 1.76 bits per heavy atom. The molecule has 0 saturated carbocycles. The fourth-order valence-electron chi connectivity index (χ4n) is 2.15. The van der Waals surface area contributed by atoms with Crippen LogP contribution in [0, 0.1) is 13.8 Å². The molecule has 1 aromatic heterocycles. The zero-order valence-electron chi connectivity index (χ0n) is 12.2. The number of rotatable bonds is 4. The van der Waals surface area contributed by atoms with Crippen molar-refractivity contribution < 1.29 is 14.7 Å². The smallest absolute Gasteiger partial charge is 0.338 e. The number of carboxylic acids is 1. The maximum Gasteiger partial charge on any atom is 0.338 e. The molecular weight excluding hydrogens is 286 g/mol. The van der Waals surface area contributed by atoms with E-state index in [9.17, 15) is 14.7 Å². The fraction of sp³-hybridized carbons (Fsp3) is 0.250. The van der Waals surface area contributed by atoms with Crippen molar-refractivity contribution in [3.63, 3.8) is 0 Å². The van der Waals surface area contributed by atoms with Gasteiger partial charge < -0.3 is 10.4 Å². The molecule has 110 valence electrons. The number of benzene rings is 1. The number of carbonyl (C=O) groups excluding carboxylic acids is 1. The molecule has 1 amide bonds. The van der Waals surface area contributed by atoms with E-state index in [1.165, 1.54) is 11.3 Å². The minimum absolute atomic E-state index is 0.148. The Bertz CT molecular complexity index is 683. The van der Waals surface area contributed by atoms with Crippen LogP contribution in [0.25, 0.3) is 0 Å². The first-order valence-corrected chi connectivity index (χ1v) is 7.48. The van der Waals surface area contributed by atoms with Crippen LogP contribution in [0.3, 0.4) is 0 Å². The molecule has 2 aromatic rings. The second-order valence-electron chi connectivity index (χ2n) is 4.94. The van der Waals surface area contributed by atoms with Gasteiger partial charge in [0.2, 0.25) is 0 Å². The van der Waals surface area contributed by atoms with Gasteiger partial charge in [0, 0.05) is 10.4 Å². The molecular formula is C16H17NO3S. The zero-order chi connectivity index (χ0) is 15.6. The molecule has 0 atom stereocenters. The van der Waals surface area contributed by atoms with Crippen LogP contribution in [0.2, 0.25) is 0 Å². The zero-order valence-corrected chi connectivity index (χ0v) is 13.0. The molecule has 5 heteroatoms. The van der Waals surface area contributed by atoms with Gasteiger partial charge in [0.1, 0.15) is 5.00 Å². The number of aromatic carboxylic acids is 1. The summed E-state index contributed by atoms with van der Waals surface area (Å²) in [5.74, 6) is -1.31. The lowest BCUT2D eigenvalue weighted by molar-refractivity contribution is 0.0698. The number of carboxylic acid groups (broad SMARTS) is 1. The Kier molecular flexibility index (Phi) is 4.43. The fourth-order valence-corrected chi connectivity index (χ4v) is 3.13. The topological polar surface area (TPSA) is 66.4 Å². The van der Waals surface area contributed by atoms with Crippen molar-refractivity contribution in [3.8, 4) is 0 Å². The summed E-state index contributed by atoms with van der Waals surface area (Å²) in [5, 5.41) is 12.3. The summed E-state index contributed by atoms with van der Waals surface area (Å²) in [6, 6.07) is 7.18. The number of thiophene rings is 1. The molecule has 0 aliphatic carbocycles. The van der Waals surface area contributed by atoms with Crippen molar-refractivity contribution >= 4 is 28.2 Å². The predicted octanol–water partition coefficient (Wildman–Crippen LogP) is 3.88. The van der Waals surface area contributed by atoms with Crippen LogP contribution in [-0.4, -0.2) is 17.0 Å². The second kappa shape index (κ2) is 6.10. The summed E-state index contributed by atoms with van der Waals surface area (Å²) in [6.07, 6.45) is 0.740. The third-order valence-corrected chi connectivity index (χ3v) is 4.27. The lowest BCUT2D eigenvalue weighted by Gasteiger charge is -2.06. The van der Waals surface area contributed by atoms with Crippen LogP contribution in [-0.2, 0) is 6.42 Å². The molecule has 0 aliphatic rings. The van der Waals surface area contributed by atoms with Crippen molar-refractivity contribution in [3.05, 3.63) is 51.4 Å². The molecule has 0 aliphatic heterocycles. The van der Waals surface area contributed by atoms with Gasteiger partial charge in [-0.15, -0.1) is 11.3 Å². The number of carbonyl (C=O) groups is 2. The predicted molar refractivity (Wildman–Crippen MR) is 84.5 cm³/mol. The van der Waals surface area contributed by atoms with E-state index in [1.807, 2.05) is 26.8 Å². The van der Waals surface area contributed by atoms with Crippen molar-refractivity contribution in [1.29, 1.82) is 0 Å². The van der Waals surface area contributed by atoms with Gasteiger partial charge in [-0.1, -0.05) is 24.1 Å². The molecule has 0 radical (unpaired) electrons. The number of hydrogen-bond donors (Lipinski definition) is 2. The third-order valence-electron chi connectivity index (χ3n) is 3.07. The standard InChI is InChI=1S/C16H17NO3S/c1-4-12-8-13(16(19)20)15(21-12)17-14(18)11-6-9(2)5-10(3)7-11/h5-8H,4H2,1-3H3,(H,17,18)(H,19,20). The van der Waals surface area contributed by atoms with Gasteiger partial charge in [-0.3, -0.25) is 4.79 Å². The number of amides is 1. The highest BCUT2D eigenvalue weighted by Gasteiger charge is 2.17. The van der Waals surface area contributed by atoms with Gasteiger partial charge >= 0.3 is 5.97 Å². The number of aryl methyl sites for hydroxylation is 3. The van der Waals surface area contributed by atoms with E-state index >= 15 is 0 Å². The van der Waals surface area contributed by atoms with Crippen LogP contribution in [0.4, 0.5) is 5.00 Å². The highest BCUT2D eigenvalue weighted by molar-refractivity contribution is 7.16. The Morgan fingerprint density at radius 1 is 1.14 bits per heavy atom. The van der Waals surface area contributed by atoms with Crippen LogP contribution in [0.15, 0.2) is 24.3 Å². The van der Waals surface area contributed by atoms with Gasteiger partial charge in [0.25, 0.3) is 5.91 Å². The third kappa shape index (κ3) is 3.49. The Morgan fingerprint density at radius 3 is 2.29 bits per heavy atom. The molecule has 1 aromatic carbocycles. The van der Waals surface area contributed by atoms with E-state index in [1.54, 1.807) is 18.2 Å². The Balaban J connectivity index is 2.30. The van der Waals surface area contributed by atoms with E-state index in [0.29, 0.717) is 10.6 Å². The maximum atomic E-state index is 12.3. The SMILES string of the molecule is CCc1cc(C(=O)O)c(NC(=O)c2cc(C)cc(C)c2)s1. The lowest BCUT2D eigenvalue weighted by atomic mass is 10.1. The maximum absolute atomic E-state index is 12.3. The summed E-state index contributed by atoms with van der Waals surface area (Å²) in [6.45, 7) is 5.80. The summed E-state index contributed by atoms with van der Waals surface area (Å²) >= 11 is 1.31. The first-order valence-electron chi connectivity index (χ1n) is 6.66. The molecule has 0 fully saturated rings. The molecule has 0 spiro atoms. The number of anilines is 1. The summed E-state index contributed by atoms with van der Waals surface area (Å²) in [4.78, 5) is 24.5. The van der Waals surface area contributed by atoms with Crippen molar-refractivity contribution in [2.24, 2.45) is 0 Å². The second-order valence-corrected chi connectivity index (χ2v) is 6.08. The Hall–Kier alpha value is -2.14. The largest absolute Gasteiger partial charge is 0.478 e. The molecule has 0 saturated heterocycles. The number of nitrogens with one attached hydrogen (secondary N) is 1. The molecule has 0 bridgehead atoms. The van der Waals surface area contributed by atoms with E-state index < -0.39 is 5.97 Å². The van der Waals surface area contributed by atoms with Gasteiger partial charge in [-0.25, -0.2) is 4.79 Å². The Labute approximate surface area is 127 Å². The van der Waals surface area contributed by atoms with Gasteiger partial charge in [0.05, 0.1) is 5.56 Å². The lowest BCUT2D eigenvalue weighted by Crippen LogP contribution is -2.13.